The smallest absolute Gasteiger partial charge is 0.281 e. The molecule has 1 aromatic carbocycles. The number of hydrogen-bond donors (Lipinski definition) is 0. The van der Waals surface area contributed by atoms with Gasteiger partial charge in [-0.2, -0.15) is 0 Å². The zero-order valence-electron chi connectivity index (χ0n) is 9.97. The lowest BCUT2D eigenvalue weighted by Gasteiger charge is -2.15. The fourth-order valence-corrected chi connectivity index (χ4v) is 1.24. The summed E-state index contributed by atoms with van der Waals surface area (Å²) in [6.07, 6.45) is -0.197. The molecule has 0 bridgehead atoms. The van der Waals surface area contributed by atoms with Gasteiger partial charge in [0, 0.05) is 6.42 Å². The average Bonchev–Trinajstić information content (AvgIpc) is 2.27. The summed E-state index contributed by atoms with van der Waals surface area (Å²) in [4.78, 5) is 0. The van der Waals surface area contributed by atoms with Crippen LogP contribution in [-0.2, 0) is 0 Å². The van der Waals surface area contributed by atoms with Crippen molar-refractivity contribution in [3.63, 3.8) is 0 Å². The van der Waals surface area contributed by atoms with Crippen LogP contribution in [0.4, 0.5) is 8.78 Å². The molecule has 0 N–H and O–H groups in total. The molecule has 0 fully saturated rings. The Kier molecular flexibility index (Phi) is 4.27. The van der Waals surface area contributed by atoms with Gasteiger partial charge in [0.25, 0.3) is 5.92 Å². The predicted molar refractivity (Wildman–Crippen MR) is 61.3 cm³/mol. The normalized spacial score (nSPS) is 11.9. The zero-order chi connectivity index (χ0) is 12.2. The fraction of sp³-hybridized carbons (Fsp3) is 0.538. The Morgan fingerprint density at radius 2 is 1.75 bits per heavy atom. The van der Waals surface area contributed by atoms with Crippen LogP contribution in [0.1, 0.15) is 38.7 Å². The first-order valence-corrected chi connectivity index (χ1v) is 5.55. The van der Waals surface area contributed by atoms with Crippen LogP contribution in [0.15, 0.2) is 24.3 Å². The highest BCUT2D eigenvalue weighted by atomic mass is 19.3. The molecule has 90 valence electrons. The molecule has 0 aliphatic rings. The highest BCUT2D eigenvalue weighted by Crippen LogP contribution is 2.22. The van der Waals surface area contributed by atoms with Crippen molar-refractivity contribution in [1.29, 1.82) is 0 Å². The number of rotatable bonds is 5. The van der Waals surface area contributed by atoms with E-state index in [1.807, 2.05) is 12.1 Å². The maximum Gasteiger partial charge on any atom is 0.281 e. The molecule has 3 heteroatoms. The third kappa shape index (κ3) is 3.80. The summed E-state index contributed by atoms with van der Waals surface area (Å²) in [5, 5.41) is 0. The highest BCUT2D eigenvalue weighted by molar-refractivity contribution is 5.28. The number of benzene rings is 1. The van der Waals surface area contributed by atoms with Gasteiger partial charge in [-0.3, -0.25) is 0 Å². The van der Waals surface area contributed by atoms with Crippen LogP contribution in [0, 0.1) is 0 Å². The molecule has 0 aliphatic heterocycles. The molecule has 0 saturated carbocycles. The molecule has 0 unspecified atom stereocenters. The second kappa shape index (κ2) is 5.28. The van der Waals surface area contributed by atoms with Crippen molar-refractivity contribution >= 4 is 0 Å². The molecule has 1 aromatic rings. The monoisotopic (exact) mass is 228 g/mol. The molecule has 0 radical (unpaired) electrons. The topological polar surface area (TPSA) is 9.23 Å². The van der Waals surface area contributed by atoms with Gasteiger partial charge in [-0.05, 0) is 23.6 Å². The second-order valence-corrected chi connectivity index (χ2v) is 4.22. The van der Waals surface area contributed by atoms with Crippen LogP contribution < -0.4 is 4.74 Å². The van der Waals surface area contributed by atoms with Gasteiger partial charge in [0.15, 0.2) is 6.61 Å². The Hall–Kier alpha value is -1.12. The first-order valence-electron chi connectivity index (χ1n) is 5.55. The summed E-state index contributed by atoms with van der Waals surface area (Å²) < 4.78 is 30.9. The highest BCUT2D eigenvalue weighted by Gasteiger charge is 2.27. The number of ether oxygens (including phenoxy) is 1. The summed E-state index contributed by atoms with van der Waals surface area (Å²) in [5.74, 6) is -1.81. The SMILES string of the molecule is CCC(F)(F)COc1ccc(C(C)C)cc1. The van der Waals surface area contributed by atoms with Crippen LogP contribution in [-0.4, -0.2) is 12.5 Å². The average molecular weight is 228 g/mol. The van der Waals surface area contributed by atoms with E-state index in [1.54, 1.807) is 12.1 Å². The summed E-state index contributed by atoms with van der Waals surface area (Å²) in [7, 11) is 0. The Balaban J connectivity index is 2.56. The fourth-order valence-electron chi connectivity index (χ4n) is 1.24. The van der Waals surface area contributed by atoms with Gasteiger partial charge in [-0.1, -0.05) is 32.9 Å². The van der Waals surface area contributed by atoms with Crippen molar-refractivity contribution in [1.82, 2.24) is 0 Å². The van der Waals surface area contributed by atoms with Crippen molar-refractivity contribution in [2.75, 3.05) is 6.61 Å². The molecule has 0 heterocycles. The predicted octanol–water partition coefficient (Wildman–Crippen LogP) is 4.23. The lowest BCUT2D eigenvalue weighted by molar-refractivity contribution is -0.0436. The van der Waals surface area contributed by atoms with E-state index >= 15 is 0 Å². The van der Waals surface area contributed by atoms with E-state index in [2.05, 4.69) is 13.8 Å². The van der Waals surface area contributed by atoms with Crippen molar-refractivity contribution in [3.8, 4) is 5.75 Å². The first-order chi connectivity index (χ1) is 7.44. The van der Waals surface area contributed by atoms with Crippen LogP contribution in [0.5, 0.6) is 5.75 Å². The van der Waals surface area contributed by atoms with Gasteiger partial charge >= 0.3 is 0 Å². The van der Waals surface area contributed by atoms with Gasteiger partial charge in [-0.25, -0.2) is 8.78 Å². The molecule has 0 aliphatic carbocycles. The third-order valence-electron chi connectivity index (χ3n) is 2.51. The minimum absolute atomic E-state index is 0.197. The largest absolute Gasteiger partial charge is 0.487 e. The van der Waals surface area contributed by atoms with E-state index in [0.717, 1.165) is 0 Å². The Morgan fingerprint density at radius 3 is 2.19 bits per heavy atom. The van der Waals surface area contributed by atoms with E-state index in [-0.39, 0.29) is 6.42 Å². The van der Waals surface area contributed by atoms with E-state index in [9.17, 15) is 8.78 Å². The van der Waals surface area contributed by atoms with Crippen molar-refractivity contribution in [2.24, 2.45) is 0 Å². The molecule has 0 aromatic heterocycles. The molecule has 0 atom stereocenters. The molecule has 0 amide bonds. The van der Waals surface area contributed by atoms with Gasteiger partial charge in [0.05, 0.1) is 0 Å². The van der Waals surface area contributed by atoms with Crippen LogP contribution >= 0.6 is 0 Å². The van der Waals surface area contributed by atoms with E-state index in [1.165, 1.54) is 12.5 Å². The summed E-state index contributed by atoms with van der Waals surface area (Å²) in [6.45, 7) is 5.07. The quantitative estimate of drug-likeness (QED) is 0.732. The Bertz CT molecular complexity index is 317. The number of alkyl halides is 2. The molecule has 16 heavy (non-hydrogen) atoms. The minimum atomic E-state index is -2.74. The minimum Gasteiger partial charge on any atom is -0.487 e. The molecular formula is C13H18F2O. The molecule has 1 rings (SSSR count). The van der Waals surface area contributed by atoms with Crippen molar-refractivity contribution in [3.05, 3.63) is 29.8 Å². The van der Waals surface area contributed by atoms with E-state index < -0.39 is 12.5 Å². The zero-order valence-corrected chi connectivity index (χ0v) is 9.97. The number of halogens is 2. The van der Waals surface area contributed by atoms with E-state index in [4.69, 9.17) is 4.74 Å². The lowest BCUT2D eigenvalue weighted by Crippen LogP contribution is -2.24. The van der Waals surface area contributed by atoms with Crippen LogP contribution in [0.3, 0.4) is 0 Å². The Morgan fingerprint density at radius 1 is 1.19 bits per heavy atom. The van der Waals surface area contributed by atoms with Crippen LogP contribution in [0.25, 0.3) is 0 Å². The first kappa shape index (κ1) is 12.9. The molecule has 0 saturated heterocycles. The number of hydrogen-bond acceptors (Lipinski definition) is 1. The van der Waals surface area contributed by atoms with Crippen molar-refractivity contribution in [2.45, 2.75) is 39.0 Å². The van der Waals surface area contributed by atoms with Gasteiger partial charge < -0.3 is 4.74 Å². The Labute approximate surface area is 95.4 Å². The summed E-state index contributed by atoms with van der Waals surface area (Å²) >= 11 is 0. The molecule has 0 spiro atoms. The van der Waals surface area contributed by atoms with Gasteiger partial charge in [0.1, 0.15) is 5.75 Å². The van der Waals surface area contributed by atoms with E-state index in [0.29, 0.717) is 11.7 Å². The van der Waals surface area contributed by atoms with Crippen molar-refractivity contribution < 1.29 is 13.5 Å². The van der Waals surface area contributed by atoms with Gasteiger partial charge in [0.2, 0.25) is 0 Å². The van der Waals surface area contributed by atoms with Gasteiger partial charge in [-0.15, -0.1) is 0 Å². The maximum absolute atomic E-state index is 12.9. The third-order valence-corrected chi connectivity index (χ3v) is 2.51. The maximum atomic E-state index is 12.9. The molecular weight excluding hydrogens is 210 g/mol. The lowest BCUT2D eigenvalue weighted by atomic mass is 10.0. The van der Waals surface area contributed by atoms with Crippen LogP contribution in [0.2, 0.25) is 0 Å². The summed E-state index contributed by atoms with van der Waals surface area (Å²) in [5.41, 5.74) is 1.18. The standard InChI is InChI=1S/C13H18F2O/c1-4-13(14,15)9-16-12-7-5-11(6-8-12)10(2)3/h5-8,10H,4,9H2,1-3H3. The summed E-state index contributed by atoms with van der Waals surface area (Å²) in [6, 6.07) is 7.29. The second-order valence-electron chi connectivity index (χ2n) is 4.22. The molecule has 1 nitrogen and oxygen atoms in total.